The molecule has 0 saturated carbocycles. The maximum absolute atomic E-state index is 6.29. The smallest absolute Gasteiger partial charge is 0.120 e. The van der Waals surface area contributed by atoms with Crippen LogP contribution in [0.15, 0.2) is 46.9 Å². The van der Waals surface area contributed by atoms with E-state index in [9.17, 15) is 0 Å². The minimum absolute atomic E-state index is 0.0683. The molecule has 0 bridgehead atoms. The van der Waals surface area contributed by atoms with Crippen LogP contribution >= 0.6 is 27.5 Å². The zero-order chi connectivity index (χ0) is 14.5. The minimum Gasteiger partial charge on any atom is -0.494 e. The predicted molar refractivity (Wildman–Crippen MR) is 87.4 cm³/mol. The molecule has 1 unspecified atom stereocenters. The Morgan fingerprint density at radius 2 is 1.90 bits per heavy atom. The zero-order valence-corrected chi connectivity index (χ0v) is 13.6. The molecule has 106 valence electrons. The van der Waals surface area contributed by atoms with E-state index in [-0.39, 0.29) is 6.04 Å². The second-order valence-electron chi connectivity index (χ2n) is 4.55. The van der Waals surface area contributed by atoms with Crippen molar-refractivity contribution in [2.24, 2.45) is 5.73 Å². The molecule has 2 aromatic carbocycles. The van der Waals surface area contributed by atoms with Crippen molar-refractivity contribution < 1.29 is 4.74 Å². The van der Waals surface area contributed by atoms with Gasteiger partial charge >= 0.3 is 0 Å². The lowest BCUT2D eigenvalue weighted by Gasteiger charge is -2.15. The Hall–Kier alpha value is -1.03. The van der Waals surface area contributed by atoms with Crippen LogP contribution in [0.3, 0.4) is 0 Å². The Morgan fingerprint density at radius 3 is 2.50 bits per heavy atom. The van der Waals surface area contributed by atoms with Gasteiger partial charge in [-0.1, -0.05) is 45.7 Å². The highest BCUT2D eigenvalue weighted by Gasteiger charge is 2.11. The molecule has 0 aromatic heterocycles. The fourth-order valence-electron chi connectivity index (χ4n) is 2.05. The van der Waals surface area contributed by atoms with Gasteiger partial charge in [0.15, 0.2) is 0 Å². The number of ether oxygens (including phenoxy) is 1. The first-order chi connectivity index (χ1) is 9.60. The summed E-state index contributed by atoms with van der Waals surface area (Å²) >= 11 is 9.45. The average Bonchev–Trinajstić information content (AvgIpc) is 2.42. The molecule has 0 aliphatic heterocycles. The van der Waals surface area contributed by atoms with E-state index in [0.29, 0.717) is 6.61 Å². The van der Waals surface area contributed by atoms with Crippen LogP contribution in [0.2, 0.25) is 5.02 Å². The van der Waals surface area contributed by atoms with Gasteiger partial charge < -0.3 is 10.5 Å². The molecular weight excluding hydrogens is 338 g/mol. The van der Waals surface area contributed by atoms with Crippen LogP contribution in [0.5, 0.6) is 5.75 Å². The lowest BCUT2D eigenvalue weighted by Crippen LogP contribution is -2.14. The fourth-order valence-corrected chi connectivity index (χ4v) is 2.83. The third-order valence-corrected chi connectivity index (χ3v) is 3.99. The highest BCUT2D eigenvalue weighted by molar-refractivity contribution is 9.10. The van der Waals surface area contributed by atoms with E-state index in [2.05, 4.69) is 15.9 Å². The molecular formula is C16H17BrClNO. The normalized spacial score (nSPS) is 12.2. The summed E-state index contributed by atoms with van der Waals surface area (Å²) in [4.78, 5) is 0. The van der Waals surface area contributed by atoms with Crippen molar-refractivity contribution in [2.75, 3.05) is 6.61 Å². The van der Waals surface area contributed by atoms with Gasteiger partial charge in [-0.05, 0) is 48.7 Å². The van der Waals surface area contributed by atoms with Crippen molar-refractivity contribution in [3.8, 4) is 5.75 Å². The topological polar surface area (TPSA) is 35.2 Å². The van der Waals surface area contributed by atoms with Crippen molar-refractivity contribution in [1.82, 2.24) is 0 Å². The first kappa shape index (κ1) is 15.4. The van der Waals surface area contributed by atoms with Crippen molar-refractivity contribution in [2.45, 2.75) is 19.4 Å². The summed E-state index contributed by atoms with van der Waals surface area (Å²) in [6, 6.07) is 13.6. The highest BCUT2D eigenvalue weighted by atomic mass is 79.9. The van der Waals surface area contributed by atoms with Gasteiger partial charge in [-0.25, -0.2) is 0 Å². The molecule has 0 saturated heterocycles. The molecule has 4 heteroatoms. The summed E-state index contributed by atoms with van der Waals surface area (Å²) in [6.45, 7) is 2.62. The fraction of sp³-hybridized carbons (Fsp3) is 0.250. The Bertz CT molecular complexity index is 571. The summed E-state index contributed by atoms with van der Waals surface area (Å²) in [6.07, 6.45) is 0.768. The van der Waals surface area contributed by atoms with Crippen LogP contribution in [0.25, 0.3) is 0 Å². The second-order valence-corrected chi connectivity index (χ2v) is 5.84. The van der Waals surface area contributed by atoms with E-state index in [1.807, 2.05) is 49.4 Å². The summed E-state index contributed by atoms with van der Waals surface area (Å²) in [5.41, 5.74) is 8.53. The molecule has 0 heterocycles. The van der Waals surface area contributed by atoms with E-state index < -0.39 is 0 Å². The van der Waals surface area contributed by atoms with Crippen LogP contribution in [-0.4, -0.2) is 6.61 Å². The third kappa shape index (κ3) is 3.98. The number of benzene rings is 2. The summed E-state index contributed by atoms with van der Waals surface area (Å²) < 4.78 is 6.44. The summed E-state index contributed by atoms with van der Waals surface area (Å²) in [5.74, 6) is 0.849. The highest BCUT2D eigenvalue weighted by Crippen LogP contribution is 2.28. The van der Waals surface area contributed by atoms with E-state index in [0.717, 1.165) is 27.2 Å². The number of rotatable bonds is 5. The van der Waals surface area contributed by atoms with E-state index in [1.54, 1.807) is 0 Å². The Labute approximate surface area is 133 Å². The molecule has 2 aromatic rings. The van der Waals surface area contributed by atoms with Gasteiger partial charge in [0.25, 0.3) is 0 Å². The Morgan fingerprint density at radius 1 is 1.20 bits per heavy atom. The zero-order valence-electron chi connectivity index (χ0n) is 11.3. The molecule has 20 heavy (non-hydrogen) atoms. The van der Waals surface area contributed by atoms with Crippen molar-refractivity contribution in [3.63, 3.8) is 0 Å². The standard InChI is InChI=1S/C16H17BrClNO/c1-2-20-13-7-8-14(15(17)10-13)16(19)9-11-3-5-12(18)6-4-11/h3-8,10,16H,2,9,19H2,1H3. The quantitative estimate of drug-likeness (QED) is 0.841. The first-order valence-electron chi connectivity index (χ1n) is 6.52. The Balaban J connectivity index is 2.12. The van der Waals surface area contributed by atoms with Crippen LogP contribution in [0, 0.1) is 0 Å². The van der Waals surface area contributed by atoms with Crippen LogP contribution in [0.4, 0.5) is 0 Å². The van der Waals surface area contributed by atoms with Gasteiger partial charge in [0.05, 0.1) is 6.61 Å². The Kier molecular flexibility index (Phi) is 5.46. The van der Waals surface area contributed by atoms with E-state index in [1.165, 1.54) is 5.56 Å². The van der Waals surface area contributed by atoms with Gasteiger partial charge in [0, 0.05) is 15.5 Å². The van der Waals surface area contributed by atoms with Gasteiger partial charge in [-0.3, -0.25) is 0 Å². The van der Waals surface area contributed by atoms with E-state index >= 15 is 0 Å². The largest absolute Gasteiger partial charge is 0.494 e. The SMILES string of the molecule is CCOc1ccc(C(N)Cc2ccc(Cl)cc2)c(Br)c1. The maximum atomic E-state index is 6.29. The number of nitrogens with two attached hydrogens (primary N) is 1. The van der Waals surface area contributed by atoms with Gasteiger partial charge in [0.1, 0.15) is 5.75 Å². The average molecular weight is 355 g/mol. The van der Waals surface area contributed by atoms with E-state index in [4.69, 9.17) is 22.1 Å². The lowest BCUT2D eigenvalue weighted by molar-refractivity contribution is 0.340. The summed E-state index contributed by atoms with van der Waals surface area (Å²) in [5, 5.41) is 0.740. The maximum Gasteiger partial charge on any atom is 0.120 e. The van der Waals surface area contributed by atoms with Crippen LogP contribution in [0.1, 0.15) is 24.1 Å². The van der Waals surface area contributed by atoms with Crippen LogP contribution in [-0.2, 0) is 6.42 Å². The van der Waals surface area contributed by atoms with Crippen molar-refractivity contribution in [1.29, 1.82) is 0 Å². The number of hydrogen-bond donors (Lipinski definition) is 1. The minimum atomic E-state index is -0.0683. The molecule has 0 amide bonds. The monoisotopic (exact) mass is 353 g/mol. The molecule has 1 atom stereocenters. The second kappa shape index (κ2) is 7.11. The molecule has 0 aliphatic carbocycles. The third-order valence-electron chi connectivity index (χ3n) is 3.05. The molecule has 2 N–H and O–H groups in total. The van der Waals surface area contributed by atoms with Gasteiger partial charge in [-0.2, -0.15) is 0 Å². The van der Waals surface area contributed by atoms with Gasteiger partial charge in [-0.15, -0.1) is 0 Å². The van der Waals surface area contributed by atoms with Crippen molar-refractivity contribution >= 4 is 27.5 Å². The first-order valence-corrected chi connectivity index (χ1v) is 7.69. The van der Waals surface area contributed by atoms with Gasteiger partial charge in [0.2, 0.25) is 0 Å². The number of hydrogen-bond acceptors (Lipinski definition) is 2. The molecule has 0 fully saturated rings. The van der Waals surface area contributed by atoms with Crippen LogP contribution < -0.4 is 10.5 Å². The molecule has 2 nitrogen and oxygen atoms in total. The summed E-state index contributed by atoms with van der Waals surface area (Å²) in [7, 11) is 0. The molecule has 0 spiro atoms. The number of halogens is 2. The molecule has 0 aliphatic rings. The predicted octanol–water partition coefficient (Wildman–Crippen LogP) is 4.74. The van der Waals surface area contributed by atoms with Crippen molar-refractivity contribution in [3.05, 3.63) is 63.1 Å². The molecule has 2 rings (SSSR count). The lowest BCUT2D eigenvalue weighted by atomic mass is 10.00. The molecule has 0 radical (unpaired) electrons.